The highest BCUT2D eigenvalue weighted by Gasteiger charge is 2.36. The molecule has 1 amide bonds. The molecular weight excluding hydrogens is 661 g/mol. The van der Waals surface area contributed by atoms with E-state index in [0.29, 0.717) is 31.5 Å². The van der Waals surface area contributed by atoms with E-state index < -0.39 is 51.8 Å². The van der Waals surface area contributed by atoms with Crippen molar-refractivity contribution in [2.45, 2.75) is 70.4 Å². The summed E-state index contributed by atoms with van der Waals surface area (Å²) < 4.78 is 85.2. The van der Waals surface area contributed by atoms with Crippen LogP contribution in [0.3, 0.4) is 0 Å². The average molecular weight is 697 g/mol. The van der Waals surface area contributed by atoms with Crippen molar-refractivity contribution < 1.29 is 50.1 Å². The number of benzene rings is 2. The van der Waals surface area contributed by atoms with Crippen molar-refractivity contribution in [2.24, 2.45) is 5.92 Å². The molecule has 1 aliphatic heterocycles. The second-order valence-corrected chi connectivity index (χ2v) is 13.9. The van der Waals surface area contributed by atoms with Gasteiger partial charge in [0.05, 0.1) is 16.3 Å². The zero-order valence-corrected chi connectivity index (χ0v) is 27.5. The summed E-state index contributed by atoms with van der Waals surface area (Å²) in [6.07, 6.45) is -6.05. The molecule has 1 aliphatic rings. The van der Waals surface area contributed by atoms with Gasteiger partial charge in [-0.25, -0.2) is 22.6 Å². The van der Waals surface area contributed by atoms with E-state index in [1.165, 1.54) is 36.2 Å². The molecule has 260 valence electrons. The lowest BCUT2D eigenvalue weighted by atomic mass is 9.97. The molecule has 1 atom stereocenters. The van der Waals surface area contributed by atoms with E-state index in [1.807, 2.05) is 6.92 Å². The number of carbonyl (C=O) groups excluding carboxylic acids is 2. The second kappa shape index (κ2) is 13.0. The molecule has 18 heteroatoms. The quantitative estimate of drug-likeness (QED) is 0.194. The maximum absolute atomic E-state index is 13.5. The molecule has 2 aromatic heterocycles. The number of rotatable bonds is 9. The number of aryl methyl sites for hydroxylation is 1. The van der Waals surface area contributed by atoms with E-state index in [4.69, 9.17) is 18.9 Å². The number of sulfonamides is 1. The van der Waals surface area contributed by atoms with Gasteiger partial charge >= 0.3 is 12.3 Å². The Morgan fingerprint density at radius 2 is 1.65 bits per heavy atom. The Morgan fingerprint density at radius 3 is 2.23 bits per heavy atom. The monoisotopic (exact) mass is 696 g/mol. The van der Waals surface area contributed by atoms with Crippen LogP contribution < -0.4 is 14.6 Å². The van der Waals surface area contributed by atoms with Crippen LogP contribution in [0.4, 0.5) is 18.0 Å². The number of aromatic nitrogens is 4. The summed E-state index contributed by atoms with van der Waals surface area (Å²) >= 11 is 0. The molecule has 5 rings (SSSR count). The zero-order valence-electron chi connectivity index (χ0n) is 26.7. The summed E-state index contributed by atoms with van der Waals surface area (Å²) in [7, 11) is -4.29. The van der Waals surface area contributed by atoms with Gasteiger partial charge in [-0.3, -0.25) is 9.80 Å². The molecule has 0 aliphatic carbocycles. The first-order chi connectivity index (χ1) is 22.4. The molecule has 1 saturated heterocycles. The van der Waals surface area contributed by atoms with Crippen molar-refractivity contribution >= 4 is 22.1 Å². The lowest BCUT2D eigenvalue weighted by Gasteiger charge is -2.28. The fourth-order valence-electron chi connectivity index (χ4n) is 4.81. The minimum absolute atomic E-state index is 0.170. The van der Waals surface area contributed by atoms with Crippen LogP contribution in [0.5, 0.6) is 0 Å². The summed E-state index contributed by atoms with van der Waals surface area (Å²) in [5.74, 6) is -1.32. The largest absolute Gasteiger partial charge is 0.511 e. The standard InChI is InChI=1S/C30H35F3N6O8S/c1-19-6-8-21(9-7-19)25-18-26(30(31,32)33)34-37(25)23-10-12-24(13-11-23)48(42,43)35-27(40)22-14-16-36(17-15-22)38-39(47-38)46-20(2)44-28(41)45-29(3,4)5/h6-13,18,20,22H,14-17H2,1-5H3,(H,35,40). The SMILES string of the molecule is Cc1ccc(-c2cc(C(F)(F)F)nn2-c2ccc(S(=O)(=O)NC(=O)C3CCN(n4on4OC(C)OC(=O)OC(C)(C)C)CC3)cc2)cc1. The molecule has 3 heterocycles. The van der Waals surface area contributed by atoms with Gasteiger partial charge in [0, 0.05) is 36.5 Å². The van der Waals surface area contributed by atoms with Gasteiger partial charge in [0.25, 0.3) is 16.3 Å². The van der Waals surface area contributed by atoms with Crippen molar-refractivity contribution in [3.05, 3.63) is 65.9 Å². The normalized spacial score (nSPS) is 15.3. The van der Waals surface area contributed by atoms with E-state index in [1.54, 1.807) is 50.0 Å². The predicted octanol–water partition coefficient (Wildman–Crippen LogP) is 4.64. The first-order valence-electron chi connectivity index (χ1n) is 14.9. The molecule has 0 radical (unpaired) electrons. The highest BCUT2D eigenvalue weighted by Crippen LogP contribution is 2.33. The van der Waals surface area contributed by atoms with Gasteiger partial charge in [0.1, 0.15) is 10.6 Å². The first kappa shape index (κ1) is 34.5. The zero-order chi connectivity index (χ0) is 35.0. The predicted molar refractivity (Wildman–Crippen MR) is 163 cm³/mol. The summed E-state index contributed by atoms with van der Waals surface area (Å²) in [4.78, 5) is 31.1. The maximum atomic E-state index is 13.5. The molecule has 1 N–H and O–H groups in total. The number of ether oxygens (including phenoxy) is 2. The third-order valence-corrected chi connectivity index (χ3v) is 8.57. The van der Waals surface area contributed by atoms with Gasteiger partial charge in [0.2, 0.25) is 5.91 Å². The van der Waals surface area contributed by atoms with Crippen LogP contribution in [-0.4, -0.2) is 65.2 Å². The number of alkyl halides is 3. The summed E-state index contributed by atoms with van der Waals surface area (Å²) in [5, 5.41) is 6.43. The fourth-order valence-corrected chi connectivity index (χ4v) is 5.85. The molecule has 1 unspecified atom stereocenters. The number of carbonyl (C=O) groups is 2. The lowest BCUT2D eigenvalue weighted by molar-refractivity contribution is -0.142. The smallest absolute Gasteiger partial charge is 0.428 e. The van der Waals surface area contributed by atoms with Crippen molar-refractivity contribution in [1.29, 1.82) is 0 Å². The Labute approximate surface area is 273 Å². The molecule has 0 bridgehead atoms. The summed E-state index contributed by atoms with van der Waals surface area (Å²) in [6, 6.07) is 12.8. The van der Waals surface area contributed by atoms with E-state index in [2.05, 4.69) is 9.82 Å². The van der Waals surface area contributed by atoms with E-state index in [0.717, 1.165) is 21.3 Å². The Kier molecular flexibility index (Phi) is 9.31. The number of hydrogen-bond donors (Lipinski definition) is 1. The molecule has 2 aromatic carbocycles. The molecule has 0 saturated carbocycles. The lowest BCUT2D eigenvalue weighted by Crippen LogP contribution is -2.45. The van der Waals surface area contributed by atoms with Gasteiger partial charge in [-0.2, -0.15) is 22.9 Å². The Morgan fingerprint density at radius 1 is 1.02 bits per heavy atom. The van der Waals surface area contributed by atoms with Gasteiger partial charge in [-0.05, 0) is 70.9 Å². The molecule has 0 spiro atoms. The average Bonchev–Trinajstić information content (AvgIpc) is 3.59. The molecular formula is C30H35F3N6O8S. The molecule has 1 fully saturated rings. The van der Waals surface area contributed by atoms with Crippen molar-refractivity contribution in [3.8, 4) is 16.9 Å². The molecule has 48 heavy (non-hydrogen) atoms. The number of nitrogens with one attached hydrogen (secondary N) is 1. The van der Waals surface area contributed by atoms with Crippen molar-refractivity contribution in [2.75, 3.05) is 18.1 Å². The highest BCUT2D eigenvalue weighted by atomic mass is 32.2. The highest BCUT2D eigenvalue weighted by molar-refractivity contribution is 7.90. The number of amides is 1. The number of halogens is 3. The fraction of sp³-hybridized carbons (Fsp3) is 0.433. The van der Waals surface area contributed by atoms with E-state index in [9.17, 15) is 31.2 Å². The maximum Gasteiger partial charge on any atom is 0.511 e. The van der Waals surface area contributed by atoms with Gasteiger partial charge in [-0.1, -0.05) is 29.8 Å². The van der Waals surface area contributed by atoms with Gasteiger partial charge < -0.3 is 14.3 Å². The molecule has 14 nitrogen and oxygen atoms in total. The number of nitrogens with zero attached hydrogens (tertiary/aromatic N) is 5. The molecule has 4 aromatic rings. The second-order valence-electron chi connectivity index (χ2n) is 12.2. The minimum Gasteiger partial charge on any atom is -0.428 e. The van der Waals surface area contributed by atoms with Crippen LogP contribution in [0.2, 0.25) is 0 Å². The summed E-state index contributed by atoms with van der Waals surface area (Å²) in [6.45, 7) is 9.04. The Balaban J connectivity index is 1.17. The Bertz CT molecular complexity index is 1840. The van der Waals surface area contributed by atoms with Gasteiger partial charge in [0.15, 0.2) is 5.69 Å². The Hall–Kier alpha value is -4.87. The van der Waals surface area contributed by atoms with Crippen LogP contribution >= 0.6 is 0 Å². The topological polar surface area (TPSA) is 152 Å². The van der Waals surface area contributed by atoms with Crippen molar-refractivity contribution in [1.82, 2.24) is 24.5 Å². The van der Waals surface area contributed by atoms with Crippen LogP contribution in [0.1, 0.15) is 51.8 Å². The van der Waals surface area contributed by atoms with E-state index >= 15 is 0 Å². The third-order valence-electron chi connectivity index (χ3n) is 7.21. The van der Waals surface area contributed by atoms with Crippen LogP contribution in [0.25, 0.3) is 16.9 Å². The van der Waals surface area contributed by atoms with Gasteiger partial charge in [-0.15, -0.1) is 0 Å². The minimum atomic E-state index is -4.69. The summed E-state index contributed by atoms with van der Waals surface area (Å²) in [5.41, 5.74) is -0.0530. The van der Waals surface area contributed by atoms with Crippen LogP contribution in [-0.2, 0) is 30.5 Å². The van der Waals surface area contributed by atoms with Crippen LogP contribution in [0, 0.1) is 12.8 Å². The van der Waals surface area contributed by atoms with Crippen LogP contribution in [0.15, 0.2) is 64.1 Å². The van der Waals surface area contributed by atoms with Crippen molar-refractivity contribution in [3.63, 3.8) is 0 Å². The van der Waals surface area contributed by atoms with E-state index in [-0.39, 0.29) is 16.3 Å². The first-order valence-corrected chi connectivity index (χ1v) is 16.4. The number of piperidine rings is 1. The third kappa shape index (κ3) is 8.34. The number of hydrogen-bond acceptors (Lipinski definition) is 10.